The number of aromatic nitrogens is 2. The van der Waals surface area contributed by atoms with Gasteiger partial charge in [-0.3, -0.25) is 9.48 Å². The molecule has 0 atom stereocenters. The quantitative estimate of drug-likeness (QED) is 0.835. The van der Waals surface area contributed by atoms with Crippen molar-refractivity contribution >= 4 is 5.91 Å². The zero-order chi connectivity index (χ0) is 16.1. The fraction of sp³-hybridized carbons (Fsp3) is 0.412. The van der Waals surface area contributed by atoms with Crippen molar-refractivity contribution in [1.82, 2.24) is 15.1 Å². The van der Waals surface area contributed by atoms with Crippen LogP contribution in [0.1, 0.15) is 33.7 Å². The van der Waals surface area contributed by atoms with Crippen LogP contribution in [0.2, 0.25) is 0 Å². The van der Waals surface area contributed by atoms with Gasteiger partial charge in [-0.25, -0.2) is 0 Å². The maximum atomic E-state index is 12.2. The Morgan fingerprint density at radius 3 is 2.73 bits per heavy atom. The van der Waals surface area contributed by atoms with E-state index >= 15 is 0 Å². The zero-order valence-corrected chi connectivity index (χ0v) is 13.6. The highest BCUT2D eigenvalue weighted by atomic mass is 16.5. The monoisotopic (exact) mass is 301 g/mol. The number of aryl methyl sites for hydroxylation is 3. The van der Waals surface area contributed by atoms with Crippen molar-refractivity contribution in [2.24, 2.45) is 0 Å². The number of hydrogen-bond acceptors (Lipinski definition) is 3. The van der Waals surface area contributed by atoms with Gasteiger partial charge in [0.25, 0.3) is 5.91 Å². The molecule has 1 aromatic heterocycles. The molecule has 0 aliphatic heterocycles. The van der Waals surface area contributed by atoms with Crippen LogP contribution in [0.5, 0.6) is 5.75 Å². The van der Waals surface area contributed by atoms with Crippen molar-refractivity contribution in [2.45, 2.75) is 33.7 Å². The van der Waals surface area contributed by atoms with E-state index in [2.05, 4.69) is 16.5 Å². The summed E-state index contributed by atoms with van der Waals surface area (Å²) in [4.78, 5) is 12.2. The second kappa shape index (κ2) is 7.11. The first-order valence-electron chi connectivity index (χ1n) is 7.45. The van der Waals surface area contributed by atoms with E-state index in [1.54, 1.807) is 7.11 Å². The molecular weight excluding hydrogens is 278 g/mol. The molecule has 5 nitrogen and oxygen atoms in total. The Balaban J connectivity index is 1.87. The first-order valence-corrected chi connectivity index (χ1v) is 7.45. The van der Waals surface area contributed by atoms with Crippen LogP contribution in [0.4, 0.5) is 0 Å². The van der Waals surface area contributed by atoms with Gasteiger partial charge >= 0.3 is 0 Å². The molecular formula is C17H23N3O2. The molecule has 118 valence electrons. The van der Waals surface area contributed by atoms with Gasteiger partial charge in [0.15, 0.2) is 0 Å². The lowest BCUT2D eigenvalue weighted by Crippen LogP contribution is -2.26. The molecule has 1 heterocycles. The third-order valence-electron chi connectivity index (χ3n) is 3.68. The molecule has 22 heavy (non-hydrogen) atoms. The van der Waals surface area contributed by atoms with Crippen LogP contribution in [0.25, 0.3) is 0 Å². The Morgan fingerprint density at radius 1 is 1.32 bits per heavy atom. The molecule has 1 amide bonds. The second-order valence-electron chi connectivity index (χ2n) is 5.39. The molecule has 0 radical (unpaired) electrons. The van der Waals surface area contributed by atoms with Crippen molar-refractivity contribution in [3.8, 4) is 5.75 Å². The summed E-state index contributed by atoms with van der Waals surface area (Å²) in [6.45, 7) is 7.34. The summed E-state index contributed by atoms with van der Waals surface area (Å²) in [5, 5.41) is 7.36. The number of rotatable bonds is 6. The van der Waals surface area contributed by atoms with E-state index < -0.39 is 0 Å². The van der Waals surface area contributed by atoms with Crippen molar-refractivity contribution in [3.05, 3.63) is 46.8 Å². The zero-order valence-electron chi connectivity index (χ0n) is 13.6. The topological polar surface area (TPSA) is 56.1 Å². The van der Waals surface area contributed by atoms with Crippen molar-refractivity contribution in [3.63, 3.8) is 0 Å². The Kier molecular flexibility index (Phi) is 5.20. The molecule has 1 N–H and O–H groups in total. The number of benzene rings is 1. The summed E-state index contributed by atoms with van der Waals surface area (Å²) in [5.41, 5.74) is 3.69. The van der Waals surface area contributed by atoms with Crippen LogP contribution in [0.3, 0.4) is 0 Å². The van der Waals surface area contributed by atoms with E-state index in [0.717, 1.165) is 35.7 Å². The minimum absolute atomic E-state index is 0.0650. The average Bonchev–Trinajstić information content (AvgIpc) is 2.81. The number of amides is 1. The van der Waals surface area contributed by atoms with Gasteiger partial charge in [-0.1, -0.05) is 6.07 Å². The molecule has 0 aliphatic carbocycles. The molecule has 0 spiro atoms. The van der Waals surface area contributed by atoms with Gasteiger partial charge in [-0.05, 0) is 45.4 Å². The van der Waals surface area contributed by atoms with Gasteiger partial charge in [0, 0.05) is 29.9 Å². The highest BCUT2D eigenvalue weighted by Crippen LogP contribution is 2.20. The number of methoxy groups -OCH3 is 1. The van der Waals surface area contributed by atoms with E-state index in [1.807, 2.05) is 43.7 Å². The Hall–Kier alpha value is -2.30. The number of nitrogens with zero attached hydrogens (tertiary/aromatic N) is 2. The summed E-state index contributed by atoms with van der Waals surface area (Å²) in [5.74, 6) is 0.667. The molecule has 2 rings (SSSR count). The normalized spacial score (nSPS) is 10.5. The first kappa shape index (κ1) is 16.1. The van der Waals surface area contributed by atoms with Gasteiger partial charge in [-0.2, -0.15) is 5.10 Å². The number of carbonyl (C=O) groups excluding carboxylic acids is 1. The van der Waals surface area contributed by atoms with E-state index in [4.69, 9.17) is 4.74 Å². The van der Waals surface area contributed by atoms with Crippen molar-refractivity contribution in [1.29, 1.82) is 0 Å². The third kappa shape index (κ3) is 3.67. The van der Waals surface area contributed by atoms with Crippen LogP contribution >= 0.6 is 0 Å². The Morgan fingerprint density at radius 2 is 2.09 bits per heavy atom. The molecule has 0 unspecified atom stereocenters. The lowest BCUT2D eigenvalue weighted by Gasteiger charge is -2.11. The second-order valence-corrected chi connectivity index (χ2v) is 5.39. The van der Waals surface area contributed by atoms with Crippen LogP contribution in [-0.2, 0) is 6.54 Å². The van der Waals surface area contributed by atoms with Gasteiger partial charge in [0.1, 0.15) is 5.75 Å². The predicted octanol–water partition coefficient (Wildman–Crippen LogP) is 2.64. The van der Waals surface area contributed by atoms with Crippen molar-refractivity contribution in [2.75, 3.05) is 13.7 Å². The lowest BCUT2D eigenvalue weighted by atomic mass is 10.1. The molecule has 5 heteroatoms. The third-order valence-corrected chi connectivity index (χ3v) is 3.68. The summed E-state index contributed by atoms with van der Waals surface area (Å²) >= 11 is 0. The van der Waals surface area contributed by atoms with Gasteiger partial charge in [0.2, 0.25) is 0 Å². The molecule has 1 aromatic carbocycles. The van der Waals surface area contributed by atoms with E-state index in [-0.39, 0.29) is 5.91 Å². The Bertz CT molecular complexity index is 662. The molecule has 0 fully saturated rings. The minimum atomic E-state index is -0.0650. The molecule has 0 bridgehead atoms. The minimum Gasteiger partial charge on any atom is -0.496 e. The standard InChI is InChI=1S/C17H23N3O2/c1-12-11-13(2)20(19-12)10-6-9-18-17(21)15-7-5-8-16(22-4)14(15)3/h5,7-8,11H,6,9-10H2,1-4H3,(H,18,21). The predicted molar refractivity (Wildman–Crippen MR) is 86.4 cm³/mol. The first-order chi connectivity index (χ1) is 10.5. The van der Waals surface area contributed by atoms with Gasteiger partial charge < -0.3 is 10.1 Å². The van der Waals surface area contributed by atoms with Crippen LogP contribution in [0.15, 0.2) is 24.3 Å². The molecule has 2 aromatic rings. The van der Waals surface area contributed by atoms with E-state index in [1.165, 1.54) is 0 Å². The molecule has 0 aliphatic rings. The van der Waals surface area contributed by atoms with E-state index in [9.17, 15) is 4.79 Å². The number of ether oxygens (including phenoxy) is 1. The number of hydrogen-bond donors (Lipinski definition) is 1. The van der Waals surface area contributed by atoms with E-state index in [0.29, 0.717) is 12.1 Å². The summed E-state index contributed by atoms with van der Waals surface area (Å²) in [6.07, 6.45) is 0.844. The summed E-state index contributed by atoms with van der Waals surface area (Å²) in [6, 6.07) is 7.55. The van der Waals surface area contributed by atoms with Crippen LogP contribution < -0.4 is 10.1 Å². The smallest absolute Gasteiger partial charge is 0.251 e. The largest absolute Gasteiger partial charge is 0.496 e. The fourth-order valence-electron chi connectivity index (χ4n) is 2.51. The van der Waals surface area contributed by atoms with Gasteiger partial charge in [-0.15, -0.1) is 0 Å². The maximum absolute atomic E-state index is 12.2. The van der Waals surface area contributed by atoms with Crippen LogP contribution in [0, 0.1) is 20.8 Å². The van der Waals surface area contributed by atoms with Crippen molar-refractivity contribution < 1.29 is 9.53 Å². The number of carbonyl (C=O) groups is 1. The number of nitrogens with one attached hydrogen (secondary N) is 1. The highest BCUT2D eigenvalue weighted by molar-refractivity contribution is 5.96. The highest BCUT2D eigenvalue weighted by Gasteiger charge is 2.11. The molecule has 0 saturated carbocycles. The molecule has 0 saturated heterocycles. The maximum Gasteiger partial charge on any atom is 0.251 e. The van der Waals surface area contributed by atoms with Crippen LogP contribution in [-0.4, -0.2) is 29.3 Å². The lowest BCUT2D eigenvalue weighted by molar-refractivity contribution is 0.0951. The summed E-state index contributed by atoms with van der Waals surface area (Å²) in [7, 11) is 1.61. The van der Waals surface area contributed by atoms with Gasteiger partial charge in [0.05, 0.1) is 12.8 Å². The Labute approximate surface area is 131 Å². The SMILES string of the molecule is COc1cccc(C(=O)NCCCn2nc(C)cc2C)c1C. The average molecular weight is 301 g/mol. The summed E-state index contributed by atoms with van der Waals surface area (Å²) < 4.78 is 7.21. The fourth-order valence-corrected chi connectivity index (χ4v) is 2.51.